The molecule has 1 rings (SSSR count). The fourth-order valence-electron chi connectivity index (χ4n) is 1.41. The van der Waals surface area contributed by atoms with Gasteiger partial charge < -0.3 is 9.84 Å². The number of rotatable bonds is 4. The van der Waals surface area contributed by atoms with Crippen LogP contribution in [0, 0.1) is 12.8 Å². The lowest BCUT2D eigenvalue weighted by Gasteiger charge is -2.13. The monoisotopic (exact) mass is 208 g/mol. The van der Waals surface area contributed by atoms with Gasteiger partial charge in [-0.3, -0.25) is 0 Å². The lowest BCUT2D eigenvalue weighted by Crippen LogP contribution is -2.05. The first kappa shape index (κ1) is 11.9. The fraction of sp³-hybridized carbons (Fsp3) is 0.538. The minimum atomic E-state index is 0.367. The molecule has 0 aromatic heterocycles. The maximum atomic E-state index is 9.64. The van der Waals surface area contributed by atoms with E-state index in [1.165, 1.54) is 0 Å². The Hall–Kier alpha value is -1.18. The number of benzene rings is 1. The summed E-state index contributed by atoms with van der Waals surface area (Å²) in [5, 5.41) is 9.64. The highest BCUT2D eigenvalue weighted by Gasteiger charge is 2.06. The van der Waals surface area contributed by atoms with Gasteiger partial charge in [-0.15, -0.1) is 0 Å². The summed E-state index contributed by atoms with van der Waals surface area (Å²) in [7, 11) is 0. The highest BCUT2D eigenvalue weighted by atomic mass is 16.5. The summed E-state index contributed by atoms with van der Waals surface area (Å²) >= 11 is 0. The predicted octanol–water partition coefficient (Wildman–Crippen LogP) is 3.30. The number of hydrogen-bond donors (Lipinski definition) is 1. The Morgan fingerprint density at radius 3 is 2.53 bits per heavy atom. The zero-order valence-corrected chi connectivity index (χ0v) is 10.0. The van der Waals surface area contributed by atoms with Crippen LogP contribution in [0.5, 0.6) is 11.5 Å². The summed E-state index contributed by atoms with van der Waals surface area (Å²) in [5.74, 6) is 1.77. The zero-order valence-electron chi connectivity index (χ0n) is 10.0. The van der Waals surface area contributed by atoms with Gasteiger partial charge in [0.05, 0.1) is 6.61 Å². The van der Waals surface area contributed by atoms with Crippen LogP contribution in [0.3, 0.4) is 0 Å². The van der Waals surface area contributed by atoms with E-state index in [0.29, 0.717) is 11.7 Å². The van der Waals surface area contributed by atoms with Crippen LogP contribution in [0.1, 0.15) is 31.9 Å². The Morgan fingerprint density at radius 1 is 1.33 bits per heavy atom. The van der Waals surface area contributed by atoms with E-state index < -0.39 is 0 Å². The van der Waals surface area contributed by atoms with Crippen molar-refractivity contribution in [1.82, 2.24) is 0 Å². The van der Waals surface area contributed by atoms with Crippen LogP contribution in [-0.2, 0) is 6.42 Å². The number of phenols is 1. The second kappa shape index (κ2) is 5.06. The van der Waals surface area contributed by atoms with E-state index in [-0.39, 0.29) is 0 Å². The van der Waals surface area contributed by atoms with Crippen LogP contribution < -0.4 is 4.74 Å². The zero-order chi connectivity index (χ0) is 11.4. The van der Waals surface area contributed by atoms with Crippen LogP contribution >= 0.6 is 0 Å². The molecule has 0 fully saturated rings. The quantitative estimate of drug-likeness (QED) is 0.822. The van der Waals surface area contributed by atoms with Gasteiger partial charge in [-0.2, -0.15) is 0 Å². The minimum Gasteiger partial charge on any atom is -0.508 e. The van der Waals surface area contributed by atoms with Crippen molar-refractivity contribution in [2.75, 3.05) is 6.61 Å². The maximum absolute atomic E-state index is 9.64. The van der Waals surface area contributed by atoms with Crippen LogP contribution in [0.2, 0.25) is 0 Å². The molecule has 0 aliphatic rings. The van der Waals surface area contributed by atoms with Gasteiger partial charge in [0.1, 0.15) is 11.5 Å². The Morgan fingerprint density at radius 2 is 2.00 bits per heavy atom. The third kappa shape index (κ3) is 3.15. The molecule has 1 aromatic rings. The van der Waals surface area contributed by atoms with E-state index in [0.717, 1.165) is 29.9 Å². The van der Waals surface area contributed by atoms with E-state index in [1.807, 2.05) is 19.9 Å². The second-order valence-corrected chi connectivity index (χ2v) is 4.30. The Balaban J connectivity index is 2.87. The van der Waals surface area contributed by atoms with Crippen molar-refractivity contribution in [3.8, 4) is 11.5 Å². The number of ether oxygens (including phenoxy) is 1. The third-order valence-corrected chi connectivity index (χ3v) is 2.33. The molecule has 0 unspecified atom stereocenters. The van der Waals surface area contributed by atoms with Gasteiger partial charge in [0.25, 0.3) is 0 Å². The minimum absolute atomic E-state index is 0.367. The summed E-state index contributed by atoms with van der Waals surface area (Å²) in [4.78, 5) is 0. The van der Waals surface area contributed by atoms with Crippen LogP contribution in [0.25, 0.3) is 0 Å². The van der Waals surface area contributed by atoms with Gasteiger partial charge >= 0.3 is 0 Å². The predicted molar refractivity (Wildman–Crippen MR) is 62.6 cm³/mol. The normalized spacial score (nSPS) is 10.7. The summed E-state index contributed by atoms with van der Waals surface area (Å²) in [5.41, 5.74) is 1.93. The summed E-state index contributed by atoms with van der Waals surface area (Å²) in [6, 6.07) is 3.71. The van der Waals surface area contributed by atoms with E-state index in [4.69, 9.17) is 4.74 Å². The largest absolute Gasteiger partial charge is 0.508 e. The standard InChI is InChI=1S/C13H20O2/c1-5-11-7-13(15-8-9(2)3)10(4)6-12(11)14/h6-7,9,14H,5,8H2,1-4H3. The van der Waals surface area contributed by atoms with Crippen molar-refractivity contribution in [2.24, 2.45) is 5.92 Å². The first-order chi connectivity index (χ1) is 7.04. The lowest BCUT2D eigenvalue weighted by atomic mass is 10.1. The average molecular weight is 208 g/mol. The molecule has 0 radical (unpaired) electrons. The Labute approximate surface area is 91.9 Å². The molecule has 0 heterocycles. The molecule has 0 aliphatic heterocycles. The second-order valence-electron chi connectivity index (χ2n) is 4.30. The third-order valence-electron chi connectivity index (χ3n) is 2.33. The van der Waals surface area contributed by atoms with Crippen molar-refractivity contribution in [1.29, 1.82) is 0 Å². The average Bonchev–Trinajstić information content (AvgIpc) is 2.16. The van der Waals surface area contributed by atoms with Gasteiger partial charge in [-0.25, -0.2) is 0 Å². The molecule has 2 heteroatoms. The molecule has 0 spiro atoms. The van der Waals surface area contributed by atoms with Crippen molar-refractivity contribution in [3.05, 3.63) is 23.3 Å². The molecule has 0 saturated heterocycles. The van der Waals surface area contributed by atoms with Crippen molar-refractivity contribution in [3.63, 3.8) is 0 Å². The SMILES string of the molecule is CCc1cc(OCC(C)C)c(C)cc1O. The molecule has 0 atom stereocenters. The summed E-state index contributed by atoms with van der Waals surface area (Å²) in [6.07, 6.45) is 0.824. The van der Waals surface area contributed by atoms with Crippen molar-refractivity contribution < 1.29 is 9.84 Å². The van der Waals surface area contributed by atoms with E-state index >= 15 is 0 Å². The molecule has 0 amide bonds. The molecule has 0 aliphatic carbocycles. The smallest absolute Gasteiger partial charge is 0.122 e. The van der Waals surface area contributed by atoms with E-state index in [9.17, 15) is 5.11 Å². The van der Waals surface area contributed by atoms with Gasteiger partial charge in [-0.1, -0.05) is 20.8 Å². The Kier molecular flexibility index (Phi) is 4.01. The molecule has 1 N–H and O–H groups in total. The maximum Gasteiger partial charge on any atom is 0.122 e. The van der Waals surface area contributed by atoms with Gasteiger partial charge in [0.2, 0.25) is 0 Å². The molecule has 2 nitrogen and oxygen atoms in total. The number of phenolic OH excluding ortho intramolecular Hbond substituents is 1. The van der Waals surface area contributed by atoms with Crippen molar-refractivity contribution >= 4 is 0 Å². The molecule has 1 aromatic carbocycles. The van der Waals surface area contributed by atoms with Gasteiger partial charge in [-0.05, 0) is 42.5 Å². The Bertz CT molecular complexity index is 330. The molecular formula is C13H20O2. The van der Waals surface area contributed by atoms with Crippen LogP contribution in [-0.4, -0.2) is 11.7 Å². The molecule has 84 valence electrons. The van der Waals surface area contributed by atoms with Crippen LogP contribution in [0.4, 0.5) is 0 Å². The number of aromatic hydroxyl groups is 1. The number of aryl methyl sites for hydroxylation is 2. The van der Waals surface area contributed by atoms with Crippen molar-refractivity contribution in [2.45, 2.75) is 34.1 Å². The van der Waals surface area contributed by atoms with E-state index in [2.05, 4.69) is 13.8 Å². The van der Waals surface area contributed by atoms with Crippen LogP contribution in [0.15, 0.2) is 12.1 Å². The molecule has 0 saturated carbocycles. The lowest BCUT2D eigenvalue weighted by molar-refractivity contribution is 0.269. The van der Waals surface area contributed by atoms with E-state index in [1.54, 1.807) is 6.07 Å². The molecule has 0 bridgehead atoms. The first-order valence-corrected chi connectivity index (χ1v) is 5.49. The van der Waals surface area contributed by atoms with Gasteiger partial charge in [0.15, 0.2) is 0 Å². The fourth-order valence-corrected chi connectivity index (χ4v) is 1.41. The molecule has 15 heavy (non-hydrogen) atoms. The summed E-state index contributed by atoms with van der Waals surface area (Å²) < 4.78 is 5.68. The first-order valence-electron chi connectivity index (χ1n) is 5.49. The summed E-state index contributed by atoms with van der Waals surface area (Å²) in [6.45, 7) is 8.94. The van der Waals surface area contributed by atoms with Gasteiger partial charge in [0, 0.05) is 0 Å². The molecular weight excluding hydrogens is 188 g/mol. The topological polar surface area (TPSA) is 29.5 Å². The highest BCUT2D eigenvalue weighted by Crippen LogP contribution is 2.28. The highest BCUT2D eigenvalue weighted by molar-refractivity contribution is 5.45. The number of hydrogen-bond acceptors (Lipinski definition) is 2.